The van der Waals surface area contributed by atoms with Crippen LogP contribution in [0.25, 0.3) is 0 Å². The van der Waals surface area contributed by atoms with Gasteiger partial charge in [-0.1, -0.05) is 13.8 Å². The van der Waals surface area contributed by atoms with Crippen LogP contribution in [0, 0.1) is 5.92 Å². The van der Waals surface area contributed by atoms with E-state index in [-0.39, 0.29) is 5.91 Å². The molecule has 4 heteroatoms. The van der Waals surface area contributed by atoms with Crippen molar-refractivity contribution in [2.45, 2.75) is 39.7 Å². The van der Waals surface area contributed by atoms with Crippen molar-refractivity contribution in [1.29, 1.82) is 0 Å². The highest BCUT2D eigenvalue weighted by molar-refractivity contribution is 5.97. The number of anilines is 1. The molecule has 0 aliphatic rings. The lowest BCUT2D eigenvalue weighted by atomic mass is 9.93. The minimum absolute atomic E-state index is 0.127. The number of hydrogen-bond acceptors (Lipinski definition) is 3. The molecule has 0 saturated heterocycles. The zero-order valence-corrected chi connectivity index (χ0v) is 13.0. The maximum Gasteiger partial charge on any atom is 0.256 e. The van der Waals surface area contributed by atoms with Crippen LogP contribution in [0.4, 0.5) is 5.69 Å². The Morgan fingerprint density at radius 2 is 1.90 bits per heavy atom. The molecule has 0 aliphatic heterocycles. The van der Waals surface area contributed by atoms with E-state index >= 15 is 0 Å². The zero-order valence-electron chi connectivity index (χ0n) is 13.0. The monoisotopic (exact) mass is 279 g/mol. The van der Waals surface area contributed by atoms with Gasteiger partial charge in [-0.15, -0.1) is 0 Å². The SMILES string of the molecule is CCOc1ccc(NC(=O)[C@](C)(CC(C)C)OC)cc1. The third kappa shape index (κ3) is 4.53. The Kier molecular flexibility index (Phi) is 6.02. The Morgan fingerprint density at radius 1 is 1.30 bits per heavy atom. The van der Waals surface area contributed by atoms with Crippen LogP contribution in [0.15, 0.2) is 24.3 Å². The van der Waals surface area contributed by atoms with Gasteiger partial charge in [0.15, 0.2) is 0 Å². The summed E-state index contributed by atoms with van der Waals surface area (Å²) in [5, 5.41) is 2.89. The van der Waals surface area contributed by atoms with Gasteiger partial charge in [-0.25, -0.2) is 0 Å². The molecule has 20 heavy (non-hydrogen) atoms. The lowest BCUT2D eigenvalue weighted by molar-refractivity contribution is -0.137. The first-order valence-electron chi connectivity index (χ1n) is 7.00. The average molecular weight is 279 g/mol. The number of ether oxygens (including phenoxy) is 2. The second kappa shape index (κ2) is 7.29. The van der Waals surface area contributed by atoms with E-state index in [1.807, 2.05) is 38.1 Å². The number of hydrogen-bond donors (Lipinski definition) is 1. The molecule has 0 spiro atoms. The molecule has 0 unspecified atom stereocenters. The Balaban J connectivity index is 2.73. The zero-order chi connectivity index (χ0) is 15.2. The average Bonchev–Trinajstić information content (AvgIpc) is 2.40. The molecule has 0 heterocycles. The summed E-state index contributed by atoms with van der Waals surface area (Å²) in [4.78, 5) is 12.3. The van der Waals surface area contributed by atoms with E-state index < -0.39 is 5.60 Å². The van der Waals surface area contributed by atoms with Crippen LogP contribution in [0.1, 0.15) is 34.1 Å². The van der Waals surface area contributed by atoms with Gasteiger partial charge in [-0.3, -0.25) is 4.79 Å². The topological polar surface area (TPSA) is 47.6 Å². The van der Waals surface area contributed by atoms with Crippen LogP contribution in [0.3, 0.4) is 0 Å². The summed E-state index contributed by atoms with van der Waals surface area (Å²) >= 11 is 0. The maximum atomic E-state index is 12.3. The van der Waals surface area contributed by atoms with Crippen molar-refractivity contribution in [3.05, 3.63) is 24.3 Å². The van der Waals surface area contributed by atoms with Crippen LogP contribution in [-0.4, -0.2) is 25.2 Å². The molecule has 0 saturated carbocycles. The number of rotatable bonds is 7. The first-order chi connectivity index (χ1) is 9.41. The van der Waals surface area contributed by atoms with Gasteiger partial charge in [-0.2, -0.15) is 0 Å². The summed E-state index contributed by atoms with van der Waals surface area (Å²) in [7, 11) is 1.57. The Bertz CT molecular complexity index is 428. The van der Waals surface area contributed by atoms with E-state index in [1.54, 1.807) is 7.11 Å². The minimum atomic E-state index is -0.813. The highest BCUT2D eigenvalue weighted by Crippen LogP contribution is 2.23. The number of amides is 1. The van der Waals surface area contributed by atoms with Crippen molar-refractivity contribution in [1.82, 2.24) is 0 Å². The fourth-order valence-corrected chi connectivity index (χ4v) is 2.11. The molecule has 1 atom stereocenters. The van der Waals surface area contributed by atoms with E-state index in [0.29, 0.717) is 18.9 Å². The van der Waals surface area contributed by atoms with Crippen LogP contribution < -0.4 is 10.1 Å². The minimum Gasteiger partial charge on any atom is -0.494 e. The first-order valence-corrected chi connectivity index (χ1v) is 7.00. The molecule has 112 valence electrons. The van der Waals surface area contributed by atoms with Crippen molar-refractivity contribution in [3.8, 4) is 5.75 Å². The second-order valence-corrected chi connectivity index (χ2v) is 5.44. The standard InChI is InChI=1S/C16H25NO3/c1-6-20-14-9-7-13(8-10-14)17-15(18)16(4,19-5)11-12(2)3/h7-10,12H,6,11H2,1-5H3,(H,17,18)/t16-/m0/s1. The maximum absolute atomic E-state index is 12.3. The highest BCUT2D eigenvalue weighted by atomic mass is 16.5. The van der Waals surface area contributed by atoms with Gasteiger partial charge in [0, 0.05) is 12.8 Å². The molecule has 0 fully saturated rings. The molecular weight excluding hydrogens is 254 g/mol. The lowest BCUT2D eigenvalue weighted by Crippen LogP contribution is -2.43. The van der Waals surface area contributed by atoms with Crippen LogP contribution in [0.5, 0.6) is 5.75 Å². The van der Waals surface area contributed by atoms with Gasteiger partial charge in [0.25, 0.3) is 5.91 Å². The number of nitrogens with one attached hydrogen (secondary N) is 1. The van der Waals surface area contributed by atoms with E-state index in [2.05, 4.69) is 19.2 Å². The predicted octanol–water partition coefficient (Wildman–Crippen LogP) is 3.48. The molecule has 1 N–H and O–H groups in total. The molecule has 1 rings (SSSR count). The van der Waals surface area contributed by atoms with Crippen molar-refractivity contribution in [2.24, 2.45) is 5.92 Å². The van der Waals surface area contributed by atoms with Gasteiger partial charge >= 0.3 is 0 Å². The molecule has 1 aromatic rings. The van der Waals surface area contributed by atoms with E-state index in [0.717, 1.165) is 11.4 Å². The summed E-state index contributed by atoms with van der Waals surface area (Å²) in [5.41, 5.74) is -0.0716. The van der Waals surface area contributed by atoms with Crippen LogP contribution in [0.2, 0.25) is 0 Å². The summed E-state index contributed by atoms with van der Waals surface area (Å²) in [6.07, 6.45) is 0.673. The molecule has 0 aliphatic carbocycles. The lowest BCUT2D eigenvalue weighted by Gasteiger charge is -2.28. The molecule has 1 aromatic carbocycles. The van der Waals surface area contributed by atoms with E-state index in [4.69, 9.17) is 9.47 Å². The van der Waals surface area contributed by atoms with Gasteiger partial charge < -0.3 is 14.8 Å². The quantitative estimate of drug-likeness (QED) is 0.831. The smallest absolute Gasteiger partial charge is 0.256 e. The highest BCUT2D eigenvalue weighted by Gasteiger charge is 2.33. The third-order valence-electron chi connectivity index (χ3n) is 3.15. The first kappa shape index (κ1) is 16.5. The van der Waals surface area contributed by atoms with Crippen LogP contribution in [-0.2, 0) is 9.53 Å². The fraction of sp³-hybridized carbons (Fsp3) is 0.562. The fourth-order valence-electron chi connectivity index (χ4n) is 2.11. The molecule has 0 radical (unpaired) electrons. The molecule has 4 nitrogen and oxygen atoms in total. The van der Waals surface area contributed by atoms with Crippen molar-refractivity contribution >= 4 is 11.6 Å². The van der Waals surface area contributed by atoms with Gasteiger partial charge in [0.2, 0.25) is 0 Å². The largest absolute Gasteiger partial charge is 0.494 e. The molecule has 0 aromatic heterocycles. The second-order valence-electron chi connectivity index (χ2n) is 5.44. The van der Waals surface area contributed by atoms with Crippen molar-refractivity contribution in [3.63, 3.8) is 0 Å². The van der Waals surface area contributed by atoms with Gasteiger partial charge in [-0.05, 0) is 50.5 Å². The molecule has 1 amide bonds. The number of carbonyl (C=O) groups is 1. The Morgan fingerprint density at radius 3 is 2.35 bits per heavy atom. The Hall–Kier alpha value is -1.55. The molecule has 0 bridgehead atoms. The van der Waals surface area contributed by atoms with Gasteiger partial charge in [0.1, 0.15) is 11.4 Å². The molecular formula is C16H25NO3. The summed E-state index contributed by atoms with van der Waals surface area (Å²) < 4.78 is 10.8. The van der Waals surface area contributed by atoms with E-state index in [9.17, 15) is 4.79 Å². The Labute approximate surface area is 121 Å². The third-order valence-corrected chi connectivity index (χ3v) is 3.15. The van der Waals surface area contributed by atoms with Crippen LogP contribution >= 0.6 is 0 Å². The summed E-state index contributed by atoms with van der Waals surface area (Å²) in [6.45, 7) is 8.52. The van der Waals surface area contributed by atoms with Crippen molar-refractivity contribution in [2.75, 3.05) is 19.0 Å². The predicted molar refractivity (Wildman–Crippen MR) is 81.1 cm³/mol. The van der Waals surface area contributed by atoms with E-state index in [1.165, 1.54) is 0 Å². The normalized spacial score (nSPS) is 13.9. The summed E-state index contributed by atoms with van der Waals surface area (Å²) in [6, 6.07) is 7.33. The number of benzene rings is 1. The van der Waals surface area contributed by atoms with Gasteiger partial charge in [0.05, 0.1) is 6.61 Å². The van der Waals surface area contributed by atoms with Crippen molar-refractivity contribution < 1.29 is 14.3 Å². The summed E-state index contributed by atoms with van der Waals surface area (Å²) in [5.74, 6) is 1.05. The number of carbonyl (C=O) groups excluding carboxylic acids is 1. The number of methoxy groups -OCH3 is 1.